The van der Waals surface area contributed by atoms with E-state index in [0.29, 0.717) is 5.58 Å². The Balaban J connectivity index is 2.51. The largest absolute Gasteiger partial charge is 0.422 e. The highest BCUT2D eigenvalue weighted by molar-refractivity contribution is 7.80. The van der Waals surface area contributed by atoms with Crippen molar-refractivity contribution in [2.24, 2.45) is 5.73 Å². The standard InChI is InChI=1S/C12H7NO2S2/c13-11(16)8-5-6-1-2-9-7(3-4-17-9)10(6)15-12(8)14/h1-5H,(H2,13,16). The topological polar surface area (TPSA) is 56.2 Å². The summed E-state index contributed by atoms with van der Waals surface area (Å²) in [7, 11) is 0. The molecule has 0 unspecified atom stereocenters. The van der Waals surface area contributed by atoms with Crippen molar-refractivity contribution in [2.45, 2.75) is 0 Å². The minimum Gasteiger partial charge on any atom is -0.422 e. The Hall–Kier alpha value is -1.72. The molecule has 2 heterocycles. The lowest BCUT2D eigenvalue weighted by Crippen LogP contribution is -2.19. The molecule has 0 atom stereocenters. The number of hydrogen-bond donors (Lipinski definition) is 1. The molecule has 0 spiro atoms. The predicted molar refractivity (Wildman–Crippen MR) is 73.8 cm³/mol. The van der Waals surface area contributed by atoms with Crippen LogP contribution in [0.15, 0.2) is 38.9 Å². The molecule has 17 heavy (non-hydrogen) atoms. The van der Waals surface area contributed by atoms with E-state index < -0.39 is 5.63 Å². The van der Waals surface area contributed by atoms with E-state index in [1.165, 1.54) is 0 Å². The van der Waals surface area contributed by atoms with Crippen LogP contribution in [0.1, 0.15) is 5.56 Å². The number of rotatable bonds is 1. The number of fused-ring (bicyclic) bond motifs is 3. The third-order valence-electron chi connectivity index (χ3n) is 2.60. The Kier molecular flexibility index (Phi) is 2.24. The van der Waals surface area contributed by atoms with Gasteiger partial charge in [0.1, 0.15) is 10.6 Å². The first-order valence-electron chi connectivity index (χ1n) is 4.91. The van der Waals surface area contributed by atoms with Crippen molar-refractivity contribution in [3.05, 3.63) is 45.6 Å². The molecular formula is C12H7NO2S2. The van der Waals surface area contributed by atoms with Gasteiger partial charge in [0.15, 0.2) is 0 Å². The van der Waals surface area contributed by atoms with Gasteiger partial charge in [-0.1, -0.05) is 12.2 Å². The van der Waals surface area contributed by atoms with Gasteiger partial charge in [-0.05, 0) is 29.6 Å². The molecule has 5 heteroatoms. The van der Waals surface area contributed by atoms with Crippen molar-refractivity contribution in [3.8, 4) is 0 Å². The van der Waals surface area contributed by atoms with Crippen molar-refractivity contribution < 1.29 is 4.42 Å². The molecule has 3 rings (SSSR count). The molecule has 0 amide bonds. The van der Waals surface area contributed by atoms with Gasteiger partial charge in [-0.3, -0.25) is 0 Å². The SMILES string of the molecule is NC(=S)c1cc2ccc3sccc3c2oc1=O. The first-order valence-corrected chi connectivity index (χ1v) is 6.19. The van der Waals surface area contributed by atoms with Crippen molar-refractivity contribution in [1.29, 1.82) is 0 Å². The lowest BCUT2D eigenvalue weighted by molar-refractivity contribution is 0.562. The average Bonchev–Trinajstić information content (AvgIpc) is 2.76. The number of hydrogen-bond acceptors (Lipinski definition) is 4. The zero-order valence-corrected chi connectivity index (χ0v) is 10.2. The van der Waals surface area contributed by atoms with E-state index in [0.717, 1.165) is 15.5 Å². The summed E-state index contributed by atoms with van der Waals surface area (Å²) in [5, 5.41) is 3.74. The highest BCUT2D eigenvalue weighted by Crippen LogP contribution is 2.28. The van der Waals surface area contributed by atoms with Gasteiger partial charge < -0.3 is 10.2 Å². The molecule has 0 saturated carbocycles. The number of thiocarbonyl (C=S) groups is 1. The van der Waals surface area contributed by atoms with E-state index >= 15 is 0 Å². The molecule has 3 aromatic rings. The second-order valence-electron chi connectivity index (χ2n) is 3.63. The molecule has 2 aromatic heterocycles. The quantitative estimate of drug-likeness (QED) is 0.540. The number of thiophene rings is 1. The van der Waals surface area contributed by atoms with E-state index in [2.05, 4.69) is 0 Å². The van der Waals surface area contributed by atoms with E-state index in [1.54, 1.807) is 17.4 Å². The summed E-state index contributed by atoms with van der Waals surface area (Å²) in [4.78, 5) is 11.8. The molecule has 0 aliphatic carbocycles. The van der Waals surface area contributed by atoms with Crippen molar-refractivity contribution in [2.75, 3.05) is 0 Å². The Labute approximate surface area is 105 Å². The van der Waals surface area contributed by atoms with Gasteiger partial charge in [-0.15, -0.1) is 11.3 Å². The fraction of sp³-hybridized carbons (Fsp3) is 0. The molecule has 2 N–H and O–H groups in total. The summed E-state index contributed by atoms with van der Waals surface area (Å²) in [6.07, 6.45) is 0. The fourth-order valence-corrected chi connectivity index (χ4v) is 2.72. The van der Waals surface area contributed by atoms with E-state index in [-0.39, 0.29) is 10.6 Å². The molecule has 3 nitrogen and oxygen atoms in total. The molecule has 84 valence electrons. The number of benzene rings is 1. The predicted octanol–water partition coefficient (Wildman–Crippen LogP) is 2.64. The van der Waals surface area contributed by atoms with Gasteiger partial charge in [0.05, 0.1) is 5.56 Å². The molecule has 1 aromatic carbocycles. The number of nitrogens with two attached hydrogens (primary N) is 1. The Morgan fingerprint density at radius 2 is 2.18 bits per heavy atom. The molecule has 0 aliphatic heterocycles. The fourth-order valence-electron chi connectivity index (χ4n) is 1.80. The zero-order chi connectivity index (χ0) is 12.0. The van der Waals surface area contributed by atoms with Crippen LogP contribution >= 0.6 is 23.6 Å². The van der Waals surface area contributed by atoms with Crippen LogP contribution in [-0.2, 0) is 0 Å². The van der Waals surface area contributed by atoms with Gasteiger partial charge in [0, 0.05) is 15.5 Å². The van der Waals surface area contributed by atoms with Crippen LogP contribution in [0.25, 0.3) is 21.1 Å². The maximum absolute atomic E-state index is 11.7. The van der Waals surface area contributed by atoms with Crippen LogP contribution < -0.4 is 11.4 Å². The molecule has 0 aliphatic rings. The summed E-state index contributed by atoms with van der Waals surface area (Å²) in [6.45, 7) is 0. The summed E-state index contributed by atoms with van der Waals surface area (Å²) in [5.41, 5.74) is 5.83. The summed E-state index contributed by atoms with van der Waals surface area (Å²) < 4.78 is 6.40. The normalized spacial score (nSPS) is 11.1. The Morgan fingerprint density at radius 1 is 1.35 bits per heavy atom. The zero-order valence-electron chi connectivity index (χ0n) is 8.60. The second kappa shape index (κ2) is 3.65. The van der Waals surface area contributed by atoms with Gasteiger partial charge in [0.25, 0.3) is 0 Å². The van der Waals surface area contributed by atoms with Crippen LogP contribution in [0.4, 0.5) is 0 Å². The monoisotopic (exact) mass is 261 g/mol. The van der Waals surface area contributed by atoms with Gasteiger partial charge >= 0.3 is 5.63 Å². The van der Waals surface area contributed by atoms with Crippen LogP contribution in [0.2, 0.25) is 0 Å². The lowest BCUT2D eigenvalue weighted by Gasteiger charge is -2.01. The van der Waals surface area contributed by atoms with E-state index in [9.17, 15) is 4.79 Å². The van der Waals surface area contributed by atoms with Crippen molar-refractivity contribution in [1.82, 2.24) is 0 Å². The third-order valence-corrected chi connectivity index (χ3v) is 3.70. The van der Waals surface area contributed by atoms with Crippen molar-refractivity contribution in [3.63, 3.8) is 0 Å². The van der Waals surface area contributed by atoms with Crippen LogP contribution in [0.3, 0.4) is 0 Å². The molecule has 0 radical (unpaired) electrons. The maximum atomic E-state index is 11.7. The smallest absolute Gasteiger partial charge is 0.346 e. The average molecular weight is 261 g/mol. The summed E-state index contributed by atoms with van der Waals surface area (Å²) in [5.74, 6) is 0. The Morgan fingerprint density at radius 3 is 2.94 bits per heavy atom. The summed E-state index contributed by atoms with van der Waals surface area (Å²) in [6, 6.07) is 7.51. The van der Waals surface area contributed by atoms with Gasteiger partial charge in [-0.2, -0.15) is 0 Å². The molecule has 0 fully saturated rings. The van der Waals surface area contributed by atoms with Crippen LogP contribution in [0, 0.1) is 0 Å². The first-order chi connectivity index (χ1) is 8.16. The molecule has 0 bridgehead atoms. The highest BCUT2D eigenvalue weighted by Gasteiger charge is 2.10. The first kappa shape index (κ1) is 10.4. The Bertz CT molecular complexity index is 801. The molecule has 0 saturated heterocycles. The third kappa shape index (κ3) is 1.55. The lowest BCUT2D eigenvalue weighted by atomic mass is 10.1. The minimum atomic E-state index is -0.483. The maximum Gasteiger partial charge on any atom is 0.346 e. The second-order valence-corrected chi connectivity index (χ2v) is 5.02. The summed E-state index contributed by atoms with van der Waals surface area (Å²) >= 11 is 6.42. The van der Waals surface area contributed by atoms with Crippen molar-refractivity contribution >= 4 is 49.6 Å². The van der Waals surface area contributed by atoms with E-state index in [1.807, 2.05) is 23.6 Å². The molecular weight excluding hydrogens is 254 g/mol. The highest BCUT2D eigenvalue weighted by atomic mass is 32.1. The van der Waals surface area contributed by atoms with Crippen LogP contribution in [-0.4, -0.2) is 4.99 Å². The minimum absolute atomic E-state index is 0.0612. The van der Waals surface area contributed by atoms with Gasteiger partial charge in [0.2, 0.25) is 0 Å². The van der Waals surface area contributed by atoms with E-state index in [4.69, 9.17) is 22.4 Å². The van der Waals surface area contributed by atoms with Crippen LogP contribution in [0.5, 0.6) is 0 Å². The van der Waals surface area contributed by atoms with Gasteiger partial charge in [-0.25, -0.2) is 4.79 Å².